The Balaban J connectivity index is 2.15. The molecular weight excluding hydrogens is 277 g/mol. The van der Waals surface area contributed by atoms with E-state index in [4.69, 9.17) is 5.11 Å². The SMILES string of the molecule is CSC1(CNc2c(F)cccc2C(=O)O)CCCCC1. The van der Waals surface area contributed by atoms with Crippen molar-refractivity contribution < 1.29 is 14.3 Å². The van der Waals surface area contributed by atoms with E-state index in [2.05, 4.69) is 11.6 Å². The van der Waals surface area contributed by atoms with Crippen LogP contribution in [0.3, 0.4) is 0 Å². The maximum atomic E-state index is 13.9. The maximum absolute atomic E-state index is 13.9. The molecule has 5 heteroatoms. The number of thioether (sulfide) groups is 1. The molecule has 1 saturated carbocycles. The van der Waals surface area contributed by atoms with Gasteiger partial charge in [-0.2, -0.15) is 11.8 Å². The van der Waals surface area contributed by atoms with Gasteiger partial charge >= 0.3 is 5.97 Å². The molecule has 0 heterocycles. The summed E-state index contributed by atoms with van der Waals surface area (Å²) in [4.78, 5) is 11.2. The van der Waals surface area contributed by atoms with E-state index in [0.29, 0.717) is 6.54 Å². The normalized spacial score (nSPS) is 17.7. The van der Waals surface area contributed by atoms with Crippen LogP contribution in [0.25, 0.3) is 0 Å². The largest absolute Gasteiger partial charge is 0.478 e. The monoisotopic (exact) mass is 297 g/mol. The molecule has 0 aromatic heterocycles. The fourth-order valence-electron chi connectivity index (χ4n) is 2.78. The van der Waals surface area contributed by atoms with Crippen LogP contribution < -0.4 is 5.32 Å². The first-order chi connectivity index (χ1) is 9.58. The van der Waals surface area contributed by atoms with Crippen LogP contribution in [0, 0.1) is 5.82 Å². The average Bonchev–Trinajstić information content (AvgIpc) is 2.46. The summed E-state index contributed by atoms with van der Waals surface area (Å²) in [5, 5.41) is 12.2. The Bertz CT molecular complexity index is 487. The van der Waals surface area contributed by atoms with Crippen molar-refractivity contribution in [2.45, 2.75) is 36.9 Å². The number of nitrogens with one attached hydrogen (secondary N) is 1. The van der Waals surface area contributed by atoms with E-state index in [0.717, 1.165) is 12.8 Å². The van der Waals surface area contributed by atoms with E-state index < -0.39 is 11.8 Å². The van der Waals surface area contributed by atoms with Gasteiger partial charge in [-0.05, 0) is 31.2 Å². The highest BCUT2D eigenvalue weighted by atomic mass is 32.2. The van der Waals surface area contributed by atoms with Crippen LogP contribution in [0.1, 0.15) is 42.5 Å². The summed E-state index contributed by atoms with van der Waals surface area (Å²) in [5.41, 5.74) is 0.107. The van der Waals surface area contributed by atoms with Crippen molar-refractivity contribution in [3.05, 3.63) is 29.6 Å². The quantitative estimate of drug-likeness (QED) is 0.862. The minimum atomic E-state index is -1.10. The van der Waals surface area contributed by atoms with Gasteiger partial charge < -0.3 is 10.4 Å². The van der Waals surface area contributed by atoms with Gasteiger partial charge in [0.25, 0.3) is 0 Å². The molecule has 0 aliphatic heterocycles. The van der Waals surface area contributed by atoms with Crippen LogP contribution in [0.2, 0.25) is 0 Å². The molecule has 0 spiro atoms. The number of rotatable bonds is 5. The van der Waals surface area contributed by atoms with Gasteiger partial charge in [-0.1, -0.05) is 25.3 Å². The highest BCUT2D eigenvalue weighted by Crippen LogP contribution is 2.39. The molecule has 2 N–H and O–H groups in total. The molecule has 110 valence electrons. The minimum Gasteiger partial charge on any atom is -0.478 e. The number of carbonyl (C=O) groups is 1. The maximum Gasteiger partial charge on any atom is 0.337 e. The summed E-state index contributed by atoms with van der Waals surface area (Å²) in [5.74, 6) is -1.61. The van der Waals surface area contributed by atoms with Crippen molar-refractivity contribution >= 4 is 23.4 Å². The van der Waals surface area contributed by atoms with E-state index in [1.165, 1.54) is 37.5 Å². The predicted octanol–water partition coefficient (Wildman–Crippen LogP) is 4.00. The van der Waals surface area contributed by atoms with Crippen molar-refractivity contribution in [2.75, 3.05) is 18.1 Å². The Hall–Kier alpha value is -1.23. The predicted molar refractivity (Wildman–Crippen MR) is 81.2 cm³/mol. The molecule has 0 bridgehead atoms. The highest BCUT2D eigenvalue weighted by Gasteiger charge is 2.31. The van der Waals surface area contributed by atoms with Crippen LogP contribution >= 0.6 is 11.8 Å². The first-order valence-electron chi connectivity index (χ1n) is 6.89. The Morgan fingerprint density at radius 2 is 2.10 bits per heavy atom. The molecule has 0 radical (unpaired) electrons. The molecule has 1 aromatic rings. The molecule has 1 fully saturated rings. The summed E-state index contributed by atoms with van der Waals surface area (Å²) >= 11 is 1.80. The lowest BCUT2D eigenvalue weighted by atomic mass is 9.88. The topological polar surface area (TPSA) is 49.3 Å². The van der Waals surface area contributed by atoms with Gasteiger partial charge in [0.2, 0.25) is 0 Å². The van der Waals surface area contributed by atoms with Gasteiger partial charge in [0.1, 0.15) is 5.82 Å². The number of halogens is 1. The van der Waals surface area contributed by atoms with Crippen LogP contribution in [-0.4, -0.2) is 28.6 Å². The van der Waals surface area contributed by atoms with E-state index in [1.807, 2.05) is 0 Å². The molecular formula is C15H20FNO2S. The first kappa shape index (κ1) is 15.2. The fraction of sp³-hybridized carbons (Fsp3) is 0.533. The Morgan fingerprint density at radius 3 is 2.70 bits per heavy atom. The molecule has 0 atom stereocenters. The van der Waals surface area contributed by atoms with Crippen LogP contribution in [0.15, 0.2) is 18.2 Å². The molecule has 1 aliphatic rings. The molecule has 0 amide bonds. The van der Waals surface area contributed by atoms with Crippen molar-refractivity contribution in [3.63, 3.8) is 0 Å². The van der Waals surface area contributed by atoms with Gasteiger partial charge in [0.15, 0.2) is 0 Å². The summed E-state index contributed by atoms with van der Waals surface area (Å²) in [6, 6.07) is 4.15. The van der Waals surface area contributed by atoms with Crippen molar-refractivity contribution in [3.8, 4) is 0 Å². The number of benzene rings is 1. The Morgan fingerprint density at radius 1 is 1.40 bits per heavy atom. The lowest BCUT2D eigenvalue weighted by Gasteiger charge is -2.36. The van der Waals surface area contributed by atoms with Crippen LogP contribution in [0.4, 0.5) is 10.1 Å². The zero-order chi connectivity index (χ0) is 14.6. The molecule has 20 heavy (non-hydrogen) atoms. The van der Waals surface area contributed by atoms with Gasteiger partial charge in [0.05, 0.1) is 11.3 Å². The molecule has 1 aromatic carbocycles. The molecule has 1 aliphatic carbocycles. The number of hydrogen-bond acceptors (Lipinski definition) is 3. The standard InChI is InChI=1S/C15H20FNO2S/c1-20-15(8-3-2-4-9-15)10-17-13-11(14(18)19)6-5-7-12(13)16/h5-7,17H,2-4,8-10H2,1H3,(H,18,19). The lowest BCUT2D eigenvalue weighted by molar-refractivity contribution is 0.0697. The number of carboxylic acids is 1. The van der Waals surface area contributed by atoms with Crippen molar-refractivity contribution in [1.82, 2.24) is 0 Å². The second kappa shape index (κ2) is 6.48. The summed E-state index contributed by atoms with van der Waals surface area (Å²) < 4.78 is 14.0. The highest BCUT2D eigenvalue weighted by molar-refractivity contribution is 8.00. The Kier molecular flexibility index (Phi) is 4.91. The third kappa shape index (κ3) is 3.26. The van der Waals surface area contributed by atoms with Crippen LogP contribution in [-0.2, 0) is 0 Å². The zero-order valence-electron chi connectivity index (χ0n) is 11.6. The molecule has 2 rings (SSSR count). The third-order valence-corrected chi connectivity index (χ3v) is 5.45. The van der Waals surface area contributed by atoms with E-state index in [9.17, 15) is 9.18 Å². The molecule has 0 unspecified atom stereocenters. The zero-order valence-corrected chi connectivity index (χ0v) is 12.4. The van der Waals surface area contributed by atoms with Gasteiger partial charge in [-0.15, -0.1) is 0 Å². The van der Waals surface area contributed by atoms with Crippen LogP contribution in [0.5, 0.6) is 0 Å². The fourth-order valence-corrected chi connectivity index (χ4v) is 3.69. The average molecular weight is 297 g/mol. The van der Waals surface area contributed by atoms with Gasteiger partial charge in [-0.25, -0.2) is 9.18 Å². The van der Waals surface area contributed by atoms with Crippen molar-refractivity contribution in [2.24, 2.45) is 0 Å². The van der Waals surface area contributed by atoms with Gasteiger partial charge in [0, 0.05) is 11.3 Å². The number of aromatic carboxylic acids is 1. The van der Waals surface area contributed by atoms with E-state index >= 15 is 0 Å². The van der Waals surface area contributed by atoms with Gasteiger partial charge in [-0.3, -0.25) is 0 Å². The first-order valence-corrected chi connectivity index (χ1v) is 8.11. The minimum absolute atomic E-state index is 0.00272. The number of carboxylic acid groups (broad SMARTS) is 1. The second-order valence-corrected chi connectivity index (χ2v) is 6.54. The smallest absolute Gasteiger partial charge is 0.337 e. The molecule has 3 nitrogen and oxygen atoms in total. The Labute approximate surface area is 123 Å². The summed E-state index contributed by atoms with van der Waals surface area (Å²) in [7, 11) is 0. The lowest BCUT2D eigenvalue weighted by Crippen LogP contribution is -2.36. The van der Waals surface area contributed by atoms with E-state index in [-0.39, 0.29) is 16.0 Å². The second-order valence-electron chi connectivity index (χ2n) is 5.27. The summed E-state index contributed by atoms with van der Waals surface area (Å²) in [6.45, 7) is 0.607. The third-order valence-electron chi connectivity index (χ3n) is 4.03. The number of hydrogen-bond donors (Lipinski definition) is 2. The van der Waals surface area contributed by atoms with E-state index in [1.54, 1.807) is 11.8 Å². The van der Waals surface area contributed by atoms with Crippen molar-refractivity contribution in [1.29, 1.82) is 0 Å². The summed E-state index contributed by atoms with van der Waals surface area (Å²) in [6.07, 6.45) is 7.89. The molecule has 0 saturated heterocycles. The number of anilines is 1. The number of para-hydroxylation sites is 1.